The van der Waals surface area contributed by atoms with E-state index in [9.17, 15) is 13.2 Å². The van der Waals surface area contributed by atoms with Gasteiger partial charge in [-0.15, -0.1) is 0 Å². The summed E-state index contributed by atoms with van der Waals surface area (Å²) in [5.41, 5.74) is 0. The second-order valence-corrected chi connectivity index (χ2v) is 7.47. The van der Waals surface area contributed by atoms with E-state index >= 15 is 0 Å². The van der Waals surface area contributed by atoms with Crippen LogP contribution in [0.2, 0.25) is 0 Å². The Kier molecular flexibility index (Phi) is 3.73. The van der Waals surface area contributed by atoms with Gasteiger partial charge in [0.05, 0.1) is 11.4 Å². The maximum Gasteiger partial charge on any atom is 0.243 e. The van der Waals surface area contributed by atoms with Gasteiger partial charge in [-0.25, -0.2) is 8.42 Å². The highest BCUT2D eigenvalue weighted by atomic mass is 32.2. The Bertz CT molecular complexity index is 701. The van der Waals surface area contributed by atoms with Gasteiger partial charge in [-0.3, -0.25) is 4.79 Å². The standard InChI is InChI=1S/C14H18N2O5S/c1-10(2)16-6-5-15(8-14(16)17)22(18,19)11-3-4-12-13(7-11)21-9-20-12/h3-4,7,10H,5-6,8-9H2,1-2H3. The maximum atomic E-state index is 12.7. The van der Waals surface area contributed by atoms with Crippen molar-refractivity contribution in [3.05, 3.63) is 18.2 Å². The Morgan fingerprint density at radius 2 is 1.86 bits per heavy atom. The van der Waals surface area contributed by atoms with Crippen molar-refractivity contribution in [2.45, 2.75) is 24.8 Å². The molecule has 3 rings (SSSR count). The van der Waals surface area contributed by atoms with E-state index in [4.69, 9.17) is 9.47 Å². The molecule has 2 aliphatic heterocycles. The summed E-state index contributed by atoms with van der Waals surface area (Å²) in [6.07, 6.45) is 0. The molecule has 2 aliphatic rings. The molecular formula is C14H18N2O5S. The summed E-state index contributed by atoms with van der Waals surface area (Å²) in [4.78, 5) is 13.9. The molecule has 0 aliphatic carbocycles. The van der Waals surface area contributed by atoms with E-state index < -0.39 is 10.0 Å². The highest BCUT2D eigenvalue weighted by molar-refractivity contribution is 7.89. The Morgan fingerprint density at radius 1 is 1.14 bits per heavy atom. The van der Waals surface area contributed by atoms with Gasteiger partial charge in [0.2, 0.25) is 22.7 Å². The molecule has 1 saturated heterocycles. The van der Waals surface area contributed by atoms with Crippen LogP contribution in [-0.2, 0) is 14.8 Å². The van der Waals surface area contributed by atoms with Crippen LogP contribution in [0.4, 0.5) is 0 Å². The fraction of sp³-hybridized carbons (Fsp3) is 0.500. The van der Waals surface area contributed by atoms with Gasteiger partial charge in [0.25, 0.3) is 0 Å². The first-order valence-electron chi connectivity index (χ1n) is 7.09. The molecule has 0 aromatic heterocycles. The number of carbonyl (C=O) groups excluding carboxylic acids is 1. The van der Waals surface area contributed by atoms with Crippen LogP contribution in [-0.4, -0.2) is 56.0 Å². The van der Waals surface area contributed by atoms with Crippen molar-refractivity contribution in [1.82, 2.24) is 9.21 Å². The third-order valence-electron chi connectivity index (χ3n) is 3.83. The van der Waals surface area contributed by atoms with E-state index in [0.717, 1.165) is 0 Å². The molecule has 7 nitrogen and oxygen atoms in total. The summed E-state index contributed by atoms with van der Waals surface area (Å²) in [6, 6.07) is 4.56. The lowest BCUT2D eigenvalue weighted by Gasteiger charge is -2.35. The van der Waals surface area contributed by atoms with Gasteiger partial charge in [-0.05, 0) is 26.0 Å². The number of fused-ring (bicyclic) bond motifs is 1. The first-order valence-corrected chi connectivity index (χ1v) is 8.53. The van der Waals surface area contributed by atoms with Crippen molar-refractivity contribution in [2.24, 2.45) is 0 Å². The van der Waals surface area contributed by atoms with Crippen LogP contribution in [0, 0.1) is 0 Å². The minimum Gasteiger partial charge on any atom is -0.454 e. The van der Waals surface area contributed by atoms with Crippen LogP contribution in [0.3, 0.4) is 0 Å². The topological polar surface area (TPSA) is 76.2 Å². The van der Waals surface area contributed by atoms with Crippen molar-refractivity contribution in [3.8, 4) is 11.5 Å². The molecule has 0 N–H and O–H groups in total. The number of nitrogens with zero attached hydrogens (tertiary/aromatic N) is 2. The molecule has 0 bridgehead atoms. The van der Waals surface area contributed by atoms with E-state index in [2.05, 4.69) is 0 Å². The van der Waals surface area contributed by atoms with Crippen LogP contribution in [0.1, 0.15) is 13.8 Å². The smallest absolute Gasteiger partial charge is 0.243 e. The molecule has 120 valence electrons. The van der Waals surface area contributed by atoms with Crippen LogP contribution < -0.4 is 9.47 Å². The van der Waals surface area contributed by atoms with Crippen molar-refractivity contribution >= 4 is 15.9 Å². The summed E-state index contributed by atoms with van der Waals surface area (Å²) >= 11 is 0. The molecule has 1 amide bonds. The quantitative estimate of drug-likeness (QED) is 0.815. The Hall–Kier alpha value is -1.80. The fourth-order valence-electron chi connectivity index (χ4n) is 2.60. The van der Waals surface area contributed by atoms with Crippen molar-refractivity contribution in [2.75, 3.05) is 26.4 Å². The Morgan fingerprint density at radius 3 is 2.55 bits per heavy atom. The molecule has 0 radical (unpaired) electrons. The molecule has 1 aromatic carbocycles. The highest BCUT2D eigenvalue weighted by Crippen LogP contribution is 2.34. The van der Waals surface area contributed by atoms with Crippen LogP contribution >= 0.6 is 0 Å². The third kappa shape index (κ3) is 2.52. The average Bonchev–Trinajstić information content (AvgIpc) is 2.94. The average molecular weight is 326 g/mol. The van der Waals surface area contributed by atoms with Gasteiger partial charge >= 0.3 is 0 Å². The second kappa shape index (κ2) is 5.44. The number of rotatable bonds is 3. The summed E-state index contributed by atoms with van der Waals surface area (Å²) in [6.45, 7) is 4.49. The zero-order valence-corrected chi connectivity index (χ0v) is 13.3. The monoisotopic (exact) mass is 326 g/mol. The van der Waals surface area contributed by atoms with Crippen LogP contribution in [0.5, 0.6) is 11.5 Å². The second-order valence-electron chi connectivity index (χ2n) is 5.53. The number of benzene rings is 1. The van der Waals surface area contributed by atoms with Gasteiger partial charge in [0.1, 0.15) is 0 Å². The van der Waals surface area contributed by atoms with Crippen LogP contribution in [0.25, 0.3) is 0 Å². The number of amides is 1. The van der Waals surface area contributed by atoms with Gasteiger partial charge in [0, 0.05) is 25.2 Å². The molecule has 0 unspecified atom stereocenters. The molecule has 0 spiro atoms. The van der Waals surface area contributed by atoms with E-state index in [0.29, 0.717) is 24.6 Å². The number of hydrogen-bond acceptors (Lipinski definition) is 5. The predicted octanol–water partition coefficient (Wildman–Crippen LogP) is 0.657. The SMILES string of the molecule is CC(C)N1CCN(S(=O)(=O)c2ccc3c(c2)OCO3)CC1=O. The highest BCUT2D eigenvalue weighted by Gasteiger charge is 2.34. The summed E-state index contributed by atoms with van der Waals surface area (Å²) in [5.74, 6) is 0.762. The number of piperazine rings is 1. The largest absolute Gasteiger partial charge is 0.454 e. The predicted molar refractivity (Wildman–Crippen MR) is 78.2 cm³/mol. The maximum absolute atomic E-state index is 12.7. The van der Waals surface area contributed by atoms with Crippen molar-refractivity contribution in [3.63, 3.8) is 0 Å². The fourth-order valence-corrected chi connectivity index (χ4v) is 4.00. The summed E-state index contributed by atoms with van der Waals surface area (Å²) in [5, 5.41) is 0. The van der Waals surface area contributed by atoms with Gasteiger partial charge in [-0.2, -0.15) is 4.31 Å². The lowest BCUT2D eigenvalue weighted by atomic mass is 10.2. The first-order chi connectivity index (χ1) is 10.4. The molecule has 0 saturated carbocycles. The molecule has 22 heavy (non-hydrogen) atoms. The zero-order valence-electron chi connectivity index (χ0n) is 12.5. The lowest BCUT2D eigenvalue weighted by Crippen LogP contribution is -2.54. The van der Waals surface area contributed by atoms with Crippen LogP contribution in [0.15, 0.2) is 23.1 Å². The number of ether oxygens (including phenoxy) is 2. The third-order valence-corrected chi connectivity index (χ3v) is 5.67. The normalized spacial score (nSPS) is 19.0. The minimum atomic E-state index is -3.72. The molecule has 1 fully saturated rings. The van der Waals surface area contributed by atoms with E-state index in [-0.39, 0.29) is 30.2 Å². The minimum absolute atomic E-state index is 0.0721. The van der Waals surface area contributed by atoms with E-state index in [1.165, 1.54) is 16.4 Å². The van der Waals surface area contributed by atoms with E-state index in [1.807, 2.05) is 13.8 Å². The zero-order chi connectivity index (χ0) is 15.9. The molecule has 1 aromatic rings. The summed E-state index contributed by atoms with van der Waals surface area (Å²) in [7, 11) is -3.72. The van der Waals surface area contributed by atoms with E-state index in [1.54, 1.807) is 11.0 Å². The van der Waals surface area contributed by atoms with Gasteiger partial charge in [-0.1, -0.05) is 0 Å². The Balaban J connectivity index is 1.83. The molecule has 0 atom stereocenters. The Labute approximate surface area is 129 Å². The van der Waals surface area contributed by atoms with Crippen molar-refractivity contribution in [1.29, 1.82) is 0 Å². The van der Waals surface area contributed by atoms with Gasteiger partial charge in [0.15, 0.2) is 11.5 Å². The first kappa shape index (κ1) is 15.1. The molecule has 2 heterocycles. The molecule has 8 heteroatoms. The van der Waals surface area contributed by atoms with Crippen molar-refractivity contribution < 1.29 is 22.7 Å². The summed E-state index contributed by atoms with van der Waals surface area (Å²) < 4.78 is 36.9. The number of carbonyl (C=O) groups is 1. The number of sulfonamides is 1. The number of hydrogen-bond donors (Lipinski definition) is 0. The van der Waals surface area contributed by atoms with Gasteiger partial charge < -0.3 is 14.4 Å². The lowest BCUT2D eigenvalue weighted by molar-refractivity contribution is -0.135. The molecular weight excluding hydrogens is 308 g/mol.